The fourth-order valence-electron chi connectivity index (χ4n) is 4.54. The number of benzene rings is 1. The Balaban J connectivity index is 1.99. The summed E-state index contributed by atoms with van der Waals surface area (Å²) >= 11 is 0. The van der Waals surface area contributed by atoms with Crippen molar-refractivity contribution in [2.24, 2.45) is 11.8 Å². The lowest BCUT2D eigenvalue weighted by Gasteiger charge is -2.52. The Kier molecular flexibility index (Phi) is 3.01. The molecule has 1 saturated carbocycles. The van der Waals surface area contributed by atoms with Gasteiger partial charge >= 0.3 is 0 Å². The minimum atomic E-state index is -0.531. The van der Waals surface area contributed by atoms with Crippen molar-refractivity contribution in [1.29, 1.82) is 0 Å². The highest BCUT2D eigenvalue weighted by Crippen LogP contribution is 2.51. The van der Waals surface area contributed by atoms with Gasteiger partial charge in [-0.2, -0.15) is 5.10 Å². The topological polar surface area (TPSA) is 49.9 Å². The number of aromatic amines is 1. The van der Waals surface area contributed by atoms with Crippen LogP contribution < -0.4 is 5.32 Å². The molecule has 2 bridgehead atoms. The van der Waals surface area contributed by atoms with Crippen molar-refractivity contribution in [3.05, 3.63) is 29.7 Å². The number of hydrogen-bond donors (Lipinski definition) is 2. The monoisotopic (exact) mass is 289 g/mol. The Labute approximate surface area is 123 Å². The molecule has 1 aromatic heterocycles. The summed E-state index contributed by atoms with van der Waals surface area (Å²) in [6.45, 7) is 1.77. The molecule has 2 N–H and O–H groups in total. The van der Waals surface area contributed by atoms with Crippen LogP contribution >= 0.6 is 0 Å². The SMILES string of the molecule is COC1(c2c(F)ccc3[nH]ncc23)C2CCCC1CNC2. The van der Waals surface area contributed by atoms with Crippen LogP contribution in [0.3, 0.4) is 0 Å². The van der Waals surface area contributed by atoms with Gasteiger partial charge < -0.3 is 10.1 Å². The van der Waals surface area contributed by atoms with Crippen molar-refractivity contribution in [3.63, 3.8) is 0 Å². The molecule has 2 fully saturated rings. The number of ether oxygens (including phenoxy) is 1. The number of methoxy groups -OCH3 is 1. The summed E-state index contributed by atoms with van der Waals surface area (Å²) in [4.78, 5) is 0. The van der Waals surface area contributed by atoms with E-state index in [1.54, 1.807) is 19.4 Å². The number of nitrogens with one attached hydrogen (secondary N) is 2. The molecule has 2 unspecified atom stereocenters. The average Bonchev–Trinajstić information content (AvgIpc) is 2.94. The van der Waals surface area contributed by atoms with E-state index in [0.717, 1.165) is 36.8 Å². The smallest absolute Gasteiger partial charge is 0.130 e. The first-order chi connectivity index (χ1) is 10.3. The third kappa shape index (κ3) is 1.71. The maximum Gasteiger partial charge on any atom is 0.130 e. The first-order valence-corrected chi connectivity index (χ1v) is 7.65. The Hall–Kier alpha value is -1.46. The fourth-order valence-corrected chi connectivity index (χ4v) is 4.54. The van der Waals surface area contributed by atoms with Gasteiger partial charge in [0.05, 0.1) is 11.7 Å². The number of piperidine rings is 1. The fraction of sp³-hybridized carbons (Fsp3) is 0.562. The molecule has 112 valence electrons. The quantitative estimate of drug-likeness (QED) is 0.893. The second-order valence-electron chi connectivity index (χ2n) is 6.23. The standard InChI is InChI=1S/C16H20FN3O/c1-21-16(10-3-2-4-11(16)8-18-7-10)15-12-9-19-20-14(12)6-5-13(15)17/h5-6,9-11,18H,2-4,7-8H2,1H3,(H,19,20). The number of nitrogens with zero attached hydrogens (tertiary/aromatic N) is 1. The van der Waals surface area contributed by atoms with Gasteiger partial charge in [-0.1, -0.05) is 6.42 Å². The van der Waals surface area contributed by atoms with E-state index in [0.29, 0.717) is 17.4 Å². The van der Waals surface area contributed by atoms with Gasteiger partial charge in [-0.25, -0.2) is 4.39 Å². The molecule has 1 aromatic carbocycles. The predicted octanol–water partition coefficient (Wildman–Crippen LogP) is 2.56. The van der Waals surface area contributed by atoms with Crippen LogP contribution in [0.15, 0.2) is 18.3 Å². The van der Waals surface area contributed by atoms with E-state index >= 15 is 0 Å². The summed E-state index contributed by atoms with van der Waals surface area (Å²) in [5.74, 6) is 0.444. The lowest BCUT2D eigenvalue weighted by molar-refractivity contribution is -0.145. The molecular formula is C16H20FN3O. The largest absolute Gasteiger partial charge is 0.373 e. The van der Waals surface area contributed by atoms with E-state index in [1.165, 1.54) is 12.5 Å². The van der Waals surface area contributed by atoms with Gasteiger partial charge in [-0.15, -0.1) is 0 Å². The minimum absolute atomic E-state index is 0.176. The second kappa shape index (κ2) is 4.78. The Bertz CT molecular complexity index is 647. The number of rotatable bonds is 2. The summed E-state index contributed by atoms with van der Waals surface area (Å²) in [5, 5.41) is 11.4. The Morgan fingerprint density at radius 1 is 1.29 bits per heavy atom. The van der Waals surface area contributed by atoms with E-state index in [-0.39, 0.29) is 5.82 Å². The molecular weight excluding hydrogens is 269 g/mol. The number of hydrogen-bond acceptors (Lipinski definition) is 3. The first-order valence-electron chi connectivity index (χ1n) is 7.65. The normalized spacial score (nSPS) is 32.5. The van der Waals surface area contributed by atoms with Crippen molar-refractivity contribution in [2.45, 2.75) is 24.9 Å². The zero-order valence-corrected chi connectivity index (χ0v) is 12.2. The lowest BCUT2D eigenvalue weighted by atomic mass is 9.62. The molecule has 0 amide bonds. The first kappa shape index (κ1) is 13.2. The van der Waals surface area contributed by atoms with Crippen LogP contribution in [-0.4, -0.2) is 30.4 Å². The molecule has 2 aliphatic rings. The summed E-state index contributed by atoms with van der Waals surface area (Å²) < 4.78 is 20.8. The Morgan fingerprint density at radius 3 is 2.76 bits per heavy atom. The lowest BCUT2D eigenvalue weighted by Crippen LogP contribution is -2.58. The van der Waals surface area contributed by atoms with Crippen molar-refractivity contribution in [2.75, 3.05) is 20.2 Å². The van der Waals surface area contributed by atoms with Crippen LogP contribution in [0, 0.1) is 17.7 Å². The highest BCUT2D eigenvalue weighted by molar-refractivity contribution is 5.83. The van der Waals surface area contributed by atoms with Gasteiger partial charge in [-0.3, -0.25) is 5.10 Å². The van der Waals surface area contributed by atoms with Gasteiger partial charge in [0.2, 0.25) is 0 Å². The highest BCUT2D eigenvalue weighted by atomic mass is 19.1. The van der Waals surface area contributed by atoms with Gasteiger partial charge in [0.1, 0.15) is 11.4 Å². The molecule has 0 spiro atoms. The molecule has 1 aliphatic carbocycles. The molecule has 0 radical (unpaired) electrons. The van der Waals surface area contributed by atoms with E-state index in [4.69, 9.17) is 4.74 Å². The molecule has 4 nitrogen and oxygen atoms in total. The predicted molar refractivity (Wildman–Crippen MR) is 78.4 cm³/mol. The van der Waals surface area contributed by atoms with Crippen LogP contribution in [0.2, 0.25) is 0 Å². The molecule has 21 heavy (non-hydrogen) atoms. The van der Waals surface area contributed by atoms with Crippen LogP contribution in [0.1, 0.15) is 24.8 Å². The van der Waals surface area contributed by atoms with Crippen molar-refractivity contribution < 1.29 is 9.13 Å². The third-order valence-electron chi connectivity index (χ3n) is 5.40. The minimum Gasteiger partial charge on any atom is -0.373 e. The molecule has 5 heteroatoms. The molecule has 2 aromatic rings. The number of aromatic nitrogens is 2. The number of halogens is 1. The third-order valence-corrected chi connectivity index (χ3v) is 5.40. The van der Waals surface area contributed by atoms with Gasteiger partial charge in [0, 0.05) is 43.0 Å². The van der Waals surface area contributed by atoms with E-state index < -0.39 is 5.60 Å². The molecule has 4 rings (SSSR count). The second-order valence-corrected chi connectivity index (χ2v) is 6.23. The van der Waals surface area contributed by atoms with Crippen molar-refractivity contribution >= 4 is 10.9 Å². The zero-order valence-electron chi connectivity index (χ0n) is 12.2. The summed E-state index contributed by atoms with van der Waals surface area (Å²) in [7, 11) is 1.73. The average molecular weight is 289 g/mol. The Morgan fingerprint density at radius 2 is 2.05 bits per heavy atom. The van der Waals surface area contributed by atoms with E-state index in [2.05, 4.69) is 15.5 Å². The van der Waals surface area contributed by atoms with Gasteiger partial charge in [-0.05, 0) is 25.0 Å². The molecule has 2 heterocycles. The van der Waals surface area contributed by atoms with Crippen LogP contribution in [-0.2, 0) is 10.3 Å². The van der Waals surface area contributed by atoms with E-state index in [1.807, 2.05) is 0 Å². The molecule has 1 saturated heterocycles. The van der Waals surface area contributed by atoms with Gasteiger partial charge in [0.15, 0.2) is 0 Å². The van der Waals surface area contributed by atoms with Crippen molar-refractivity contribution in [3.8, 4) is 0 Å². The maximum atomic E-state index is 14.8. The summed E-state index contributed by atoms with van der Waals surface area (Å²) in [6, 6.07) is 3.29. The van der Waals surface area contributed by atoms with Crippen LogP contribution in [0.5, 0.6) is 0 Å². The van der Waals surface area contributed by atoms with Crippen LogP contribution in [0.25, 0.3) is 10.9 Å². The molecule has 2 atom stereocenters. The molecule has 1 aliphatic heterocycles. The van der Waals surface area contributed by atoms with Gasteiger partial charge in [0.25, 0.3) is 0 Å². The number of H-pyrrole nitrogens is 1. The number of fused-ring (bicyclic) bond motifs is 3. The maximum absolute atomic E-state index is 14.8. The zero-order chi connectivity index (χ0) is 14.4. The highest BCUT2D eigenvalue weighted by Gasteiger charge is 2.53. The van der Waals surface area contributed by atoms with E-state index in [9.17, 15) is 4.39 Å². The summed E-state index contributed by atoms with van der Waals surface area (Å²) in [6.07, 6.45) is 5.08. The van der Waals surface area contributed by atoms with Crippen LogP contribution in [0.4, 0.5) is 4.39 Å². The van der Waals surface area contributed by atoms with Crippen molar-refractivity contribution in [1.82, 2.24) is 15.5 Å². The summed E-state index contributed by atoms with van der Waals surface area (Å²) in [5.41, 5.74) is 1.05.